The van der Waals surface area contributed by atoms with Crippen LogP contribution in [0.3, 0.4) is 0 Å². The Bertz CT molecular complexity index is 1390. The maximum atomic E-state index is 12.7. The Kier molecular flexibility index (Phi) is 9.92. The molecule has 0 aliphatic heterocycles. The summed E-state index contributed by atoms with van der Waals surface area (Å²) in [6, 6.07) is 18.0. The predicted molar refractivity (Wildman–Crippen MR) is 142 cm³/mol. The summed E-state index contributed by atoms with van der Waals surface area (Å²) in [5.74, 6) is -2.15. The second kappa shape index (κ2) is 13.8. The average molecular weight is 529 g/mol. The fourth-order valence-corrected chi connectivity index (χ4v) is 3.08. The molecule has 0 amide bonds. The van der Waals surface area contributed by atoms with Gasteiger partial charge in [-0.05, 0) is 53.6 Å². The fourth-order valence-electron chi connectivity index (χ4n) is 3.08. The minimum atomic E-state index is -0.805. The number of carbonyl (C=O) groups excluding carboxylic acids is 4. The van der Waals surface area contributed by atoms with Crippen molar-refractivity contribution < 1.29 is 42.9 Å². The number of hydrogen-bond acceptors (Lipinski definition) is 9. The van der Waals surface area contributed by atoms with E-state index in [1.165, 1.54) is 18.2 Å². The van der Waals surface area contributed by atoms with E-state index in [1.54, 1.807) is 36.4 Å². The summed E-state index contributed by atoms with van der Waals surface area (Å²) in [6.07, 6.45) is 2.96. The van der Waals surface area contributed by atoms with E-state index < -0.39 is 23.9 Å². The molecule has 198 valence electrons. The molecule has 0 bridgehead atoms. The first-order valence-electron chi connectivity index (χ1n) is 11.5. The molecular formula is C30H24O9. The van der Waals surface area contributed by atoms with E-state index in [-0.39, 0.29) is 36.0 Å². The van der Waals surface area contributed by atoms with E-state index in [0.717, 1.165) is 29.4 Å². The zero-order valence-electron chi connectivity index (χ0n) is 20.8. The Morgan fingerprint density at radius 2 is 1.13 bits per heavy atom. The molecule has 9 nitrogen and oxygen atoms in total. The summed E-state index contributed by atoms with van der Waals surface area (Å²) in [6.45, 7) is 10.3. The molecule has 0 saturated heterocycles. The smallest absolute Gasteiger partial charge is 0.343 e. The molecule has 3 aromatic carbocycles. The van der Waals surface area contributed by atoms with Crippen LogP contribution in [0.1, 0.15) is 10.4 Å². The summed E-state index contributed by atoms with van der Waals surface area (Å²) in [4.78, 5) is 47.0. The molecule has 0 aliphatic rings. The lowest BCUT2D eigenvalue weighted by Gasteiger charge is -2.11. The van der Waals surface area contributed by atoms with Gasteiger partial charge in [0.2, 0.25) is 0 Å². The molecule has 9 heteroatoms. The van der Waals surface area contributed by atoms with E-state index >= 15 is 0 Å². The maximum Gasteiger partial charge on any atom is 0.343 e. The van der Waals surface area contributed by atoms with Crippen molar-refractivity contribution in [1.29, 1.82) is 0 Å². The summed E-state index contributed by atoms with van der Waals surface area (Å²) in [7, 11) is 0. The Hall–Kier alpha value is -5.44. The first-order chi connectivity index (χ1) is 18.8. The van der Waals surface area contributed by atoms with Crippen molar-refractivity contribution in [3.8, 4) is 34.1 Å². The van der Waals surface area contributed by atoms with Crippen molar-refractivity contribution in [1.82, 2.24) is 0 Å². The number of rotatable bonds is 12. The van der Waals surface area contributed by atoms with Gasteiger partial charge in [-0.1, -0.05) is 44.0 Å². The van der Waals surface area contributed by atoms with Gasteiger partial charge in [0.1, 0.15) is 24.7 Å². The van der Waals surface area contributed by atoms with Gasteiger partial charge < -0.3 is 23.7 Å². The molecule has 3 aromatic rings. The first kappa shape index (κ1) is 28.1. The van der Waals surface area contributed by atoms with E-state index in [4.69, 9.17) is 23.7 Å². The lowest BCUT2D eigenvalue weighted by Crippen LogP contribution is -2.12. The Balaban J connectivity index is 1.64. The predicted octanol–water partition coefficient (Wildman–Crippen LogP) is 4.86. The average Bonchev–Trinajstić information content (AvgIpc) is 2.96. The van der Waals surface area contributed by atoms with Crippen molar-refractivity contribution in [2.45, 2.75) is 0 Å². The van der Waals surface area contributed by atoms with Gasteiger partial charge in [0.15, 0.2) is 11.5 Å². The van der Waals surface area contributed by atoms with Crippen LogP contribution in [-0.4, -0.2) is 37.1 Å². The van der Waals surface area contributed by atoms with E-state index in [0.29, 0.717) is 5.75 Å². The van der Waals surface area contributed by atoms with Crippen molar-refractivity contribution in [2.24, 2.45) is 0 Å². The van der Waals surface area contributed by atoms with Crippen LogP contribution in [0, 0.1) is 0 Å². The van der Waals surface area contributed by atoms with Crippen LogP contribution in [0.15, 0.2) is 105 Å². The highest BCUT2D eigenvalue weighted by molar-refractivity contribution is 5.93. The highest BCUT2D eigenvalue weighted by Crippen LogP contribution is 2.30. The Labute approximate surface area is 224 Å². The van der Waals surface area contributed by atoms with E-state index in [2.05, 4.69) is 19.7 Å². The van der Waals surface area contributed by atoms with Gasteiger partial charge in [-0.2, -0.15) is 0 Å². The zero-order chi connectivity index (χ0) is 28.2. The third-order valence-corrected chi connectivity index (χ3v) is 4.95. The lowest BCUT2D eigenvalue weighted by atomic mass is 10.1. The third-order valence-electron chi connectivity index (χ3n) is 4.95. The van der Waals surface area contributed by atoms with Crippen LogP contribution in [0.5, 0.6) is 23.0 Å². The third kappa shape index (κ3) is 8.29. The molecular weight excluding hydrogens is 504 g/mol. The summed E-state index contributed by atoms with van der Waals surface area (Å²) >= 11 is 0. The fraction of sp³-hybridized carbons (Fsp3) is 0.0667. The van der Waals surface area contributed by atoms with Crippen LogP contribution < -0.4 is 18.9 Å². The van der Waals surface area contributed by atoms with Crippen LogP contribution in [0.4, 0.5) is 0 Å². The quantitative estimate of drug-likeness (QED) is 0.141. The molecule has 0 saturated carbocycles. The molecule has 0 unspecified atom stereocenters. The molecule has 0 aliphatic carbocycles. The Morgan fingerprint density at radius 3 is 1.69 bits per heavy atom. The van der Waals surface area contributed by atoms with E-state index in [1.807, 2.05) is 12.1 Å². The molecule has 3 rings (SSSR count). The minimum Gasteiger partial charge on any atom is -0.490 e. The van der Waals surface area contributed by atoms with Crippen molar-refractivity contribution >= 4 is 23.9 Å². The van der Waals surface area contributed by atoms with E-state index in [9.17, 15) is 19.2 Å². The van der Waals surface area contributed by atoms with Crippen LogP contribution in [-0.2, 0) is 19.1 Å². The molecule has 0 fully saturated rings. The number of ether oxygens (including phenoxy) is 5. The maximum absolute atomic E-state index is 12.7. The van der Waals surface area contributed by atoms with Gasteiger partial charge in [0.25, 0.3) is 0 Å². The highest BCUT2D eigenvalue weighted by atomic mass is 16.6. The van der Waals surface area contributed by atoms with Gasteiger partial charge in [-0.15, -0.1) is 0 Å². The van der Waals surface area contributed by atoms with Gasteiger partial charge in [0.05, 0.1) is 5.56 Å². The van der Waals surface area contributed by atoms with Gasteiger partial charge in [-0.25, -0.2) is 19.2 Å². The number of hydrogen-bond donors (Lipinski definition) is 0. The van der Waals surface area contributed by atoms with Gasteiger partial charge in [0, 0.05) is 18.2 Å². The molecule has 0 radical (unpaired) electrons. The zero-order valence-corrected chi connectivity index (χ0v) is 20.8. The minimum absolute atomic E-state index is 0.0548. The SMILES string of the molecule is C=CC(=O)OCCOc1ccc(-c2ccc(OC(=O)c3ccc(OC(=O)C=C)c(OC(=O)C=C)c3)cc2)cc1. The molecule has 0 heterocycles. The molecule has 0 spiro atoms. The normalized spacial score (nSPS) is 9.95. The largest absolute Gasteiger partial charge is 0.490 e. The number of benzene rings is 3. The first-order valence-corrected chi connectivity index (χ1v) is 11.5. The van der Waals surface area contributed by atoms with Gasteiger partial charge in [-0.3, -0.25) is 0 Å². The topological polar surface area (TPSA) is 114 Å². The molecule has 0 atom stereocenters. The van der Waals surface area contributed by atoms with Crippen LogP contribution in [0.2, 0.25) is 0 Å². The summed E-state index contributed by atoms with van der Waals surface area (Å²) in [5, 5.41) is 0. The second-order valence-electron chi connectivity index (χ2n) is 7.57. The van der Waals surface area contributed by atoms with Crippen LogP contribution in [0.25, 0.3) is 11.1 Å². The highest BCUT2D eigenvalue weighted by Gasteiger charge is 2.17. The molecule has 0 aromatic heterocycles. The van der Waals surface area contributed by atoms with Crippen LogP contribution >= 0.6 is 0 Å². The molecule has 39 heavy (non-hydrogen) atoms. The molecule has 0 N–H and O–H groups in total. The number of carbonyl (C=O) groups is 4. The standard InChI is InChI=1S/C30H24O9/c1-4-27(31)36-18-17-35-23-12-7-20(8-13-23)21-9-14-24(15-10-21)37-30(34)22-11-16-25(38-28(32)5-2)26(19-22)39-29(33)6-3/h4-16,19H,1-3,17-18H2. The van der Waals surface area contributed by atoms with Crippen molar-refractivity contribution in [3.63, 3.8) is 0 Å². The Morgan fingerprint density at radius 1 is 0.590 bits per heavy atom. The second-order valence-corrected chi connectivity index (χ2v) is 7.57. The summed E-state index contributed by atoms with van der Waals surface area (Å²) < 4.78 is 26.0. The van der Waals surface area contributed by atoms with Crippen molar-refractivity contribution in [3.05, 3.63) is 110 Å². The van der Waals surface area contributed by atoms with Crippen molar-refractivity contribution in [2.75, 3.05) is 13.2 Å². The number of esters is 4. The monoisotopic (exact) mass is 528 g/mol. The lowest BCUT2D eigenvalue weighted by molar-refractivity contribution is -0.138. The summed E-state index contributed by atoms with van der Waals surface area (Å²) in [5.41, 5.74) is 1.82. The van der Waals surface area contributed by atoms with Gasteiger partial charge >= 0.3 is 23.9 Å².